The maximum absolute atomic E-state index is 14.5. The van der Waals surface area contributed by atoms with Gasteiger partial charge in [0.1, 0.15) is 5.82 Å². The van der Waals surface area contributed by atoms with Crippen molar-refractivity contribution in [3.63, 3.8) is 0 Å². The highest BCUT2D eigenvalue weighted by molar-refractivity contribution is 9.10. The zero-order valence-electron chi connectivity index (χ0n) is 12.1. The third-order valence-electron chi connectivity index (χ3n) is 3.39. The molecule has 0 fully saturated rings. The number of benzene rings is 2. The zero-order valence-corrected chi connectivity index (χ0v) is 14.4. The van der Waals surface area contributed by atoms with E-state index < -0.39 is 0 Å². The minimum absolute atomic E-state index is 0.128. The highest BCUT2D eigenvalue weighted by Gasteiger charge is 2.20. The van der Waals surface area contributed by atoms with Gasteiger partial charge >= 0.3 is 0 Å². The molecule has 0 amide bonds. The predicted molar refractivity (Wildman–Crippen MR) is 90.4 cm³/mol. The van der Waals surface area contributed by atoms with Crippen molar-refractivity contribution in [1.29, 1.82) is 0 Å². The highest BCUT2D eigenvalue weighted by atomic mass is 79.9. The third kappa shape index (κ3) is 3.85. The van der Waals surface area contributed by atoms with Crippen LogP contribution in [0.4, 0.5) is 4.39 Å². The molecule has 0 heterocycles. The van der Waals surface area contributed by atoms with E-state index in [2.05, 4.69) is 28.2 Å². The Kier molecular flexibility index (Phi) is 5.80. The van der Waals surface area contributed by atoms with Gasteiger partial charge in [-0.2, -0.15) is 0 Å². The lowest BCUT2D eigenvalue weighted by Gasteiger charge is -2.21. The van der Waals surface area contributed by atoms with E-state index in [4.69, 9.17) is 11.6 Å². The summed E-state index contributed by atoms with van der Waals surface area (Å²) < 4.78 is 15.1. The quantitative estimate of drug-likeness (QED) is 0.672. The van der Waals surface area contributed by atoms with Crippen LogP contribution in [0.25, 0.3) is 0 Å². The summed E-state index contributed by atoms with van der Waals surface area (Å²) in [7, 11) is 0. The van der Waals surface area contributed by atoms with Crippen molar-refractivity contribution < 1.29 is 4.39 Å². The largest absolute Gasteiger partial charge is 0.306 e. The van der Waals surface area contributed by atoms with Crippen LogP contribution in [0.1, 0.15) is 36.1 Å². The van der Waals surface area contributed by atoms with E-state index in [-0.39, 0.29) is 16.9 Å². The topological polar surface area (TPSA) is 12.0 Å². The Balaban J connectivity index is 2.45. The van der Waals surface area contributed by atoms with Gasteiger partial charge in [0.05, 0.1) is 11.1 Å². The second-order valence-electron chi connectivity index (χ2n) is 5.06. The molecular weight excluding hydrogens is 353 g/mol. The summed E-state index contributed by atoms with van der Waals surface area (Å²) in [4.78, 5) is 0. The second kappa shape index (κ2) is 7.39. The first-order valence-electron chi connectivity index (χ1n) is 6.98. The molecule has 0 aliphatic rings. The summed E-state index contributed by atoms with van der Waals surface area (Å²) in [6.07, 6.45) is 0.980. The molecule has 1 nitrogen and oxygen atoms in total. The van der Waals surface area contributed by atoms with E-state index >= 15 is 0 Å². The molecule has 0 aliphatic heterocycles. The van der Waals surface area contributed by atoms with Crippen molar-refractivity contribution >= 4 is 27.5 Å². The van der Waals surface area contributed by atoms with Crippen molar-refractivity contribution in [2.75, 3.05) is 6.54 Å². The molecule has 1 atom stereocenters. The van der Waals surface area contributed by atoms with Gasteiger partial charge in [0, 0.05) is 10.0 Å². The van der Waals surface area contributed by atoms with E-state index in [9.17, 15) is 4.39 Å². The molecule has 2 aromatic rings. The lowest BCUT2D eigenvalue weighted by Crippen LogP contribution is -2.24. The van der Waals surface area contributed by atoms with Gasteiger partial charge in [-0.1, -0.05) is 54.4 Å². The molecule has 1 unspecified atom stereocenters. The maximum Gasteiger partial charge on any atom is 0.148 e. The Morgan fingerprint density at radius 3 is 2.48 bits per heavy atom. The van der Waals surface area contributed by atoms with Gasteiger partial charge in [-0.15, -0.1) is 0 Å². The molecule has 21 heavy (non-hydrogen) atoms. The van der Waals surface area contributed by atoms with Gasteiger partial charge in [0.15, 0.2) is 0 Å². The number of hydrogen-bond acceptors (Lipinski definition) is 1. The lowest BCUT2D eigenvalue weighted by atomic mass is 9.97. The van der Waals surface area contributed by atoms with E-state index in [1.807, 2.05) is 31.2 Å². The number of aryl methyl sites for hydroxylation is 1. The van der Waals surface area contributed by atoms with Crippen LogP contribution in [0.2, 0.25) is 5.02 Å². The average molecular weight is 371 g/mol. The molecule has 0 saturated carbocycles. The van der Waals surface area contributed by atoms with Crippen LogP contribution in [-0.2, 0) is 0 Å². The molecule has 0 aliphatic carbocycles. The predicted octanol–water partition coefficient (Wildman–Crippen LogP) is 5.64. The molecule has 0 radical (unpaired) electrons. The third-order valence-corrected chi connectivity index (χ3v) is 4.64. The first kappa shape index (κ1) is 16.5. The molecule has 4 heteroatoms. The zero-order chi connectivity index (χ0) is 15.4. The molecule has 112 valence electrons. The van der Waals surface area contributed by atoms with Gasteiger partial charge in [-0.3, -0.25) is 0 Å². The molecule has 0 aromatic heterocycles. The first-order valence-corrected chi connectivity index (χ1v) is 8.15. The Morgan fingerprint density at radius 1 is 1.19 bits per heavy atom. The molecule has 0 spiro atoms. The summed E-state index contributed by atoms with van der Waals surface area (Å²) in [6.45, 7) is 4.94. The Morgan fingerprint density at radius 2 is 1.86 bits per heavy atom. The molecular formula is C17H18BrClFN. The number of nitrogens with one attached hydrogen (secondary N) is 1. The van der Waals surface area contributed by atoms with Crippen LogP contribution in [0.15, 0.2) is 40.9 Å². The van der Waals surface area contributed by atoms with Crippen LogP contribution in [-0.4, -0.2) is 6.54 Å². The highest BCUT2D eigenvalue weighted by Crippen LogP contribution is 2.33. The monoisotopic (exact) mass is 369 g/mol. The summed E-state index contributed by atoms with van der Waals surface area (Å²) in [5.74, 6) is -0.375. The van der Waals surface area contributed by atoms with Crippen molar-refractivity contribution in [3.05, 3.63) is 68.4 Å². The van der Waals surface area contributed by atoms with Gasteiger partial charge in [-0.25, -0.2) is 4.39 Å². The smallest absolute Gasteiger partial charge is 0.148 e. The van der Waals surface area contributed by atoms with Crippen molar-refractivity contribution in [2.24, 2.45) is 0 Å². The van der Waals surface area contributed by atoms with Gasteiger partial charge in [0.25, 0.3) is 0 Å². The van der Waals surface area contributed by atoms with Crippen LogP contribution >= 0.6 is 27.5 Å². The summed E-state index contributed by atoms with van der Waals surface area (Å²) in [5.41, 5.74) is 2.79. The standard InChI is InChI=1S/C17H18BrClFN/c1-3-10-21-17(12-6-4-11(2)5-7-12)13-8-9-14(18)15(19)16(13)20/h4-9,17,21H,3,10H2,1-2H3. The minimum atomic E-state index is -0.375. The molecule has 2 aromatic carbocycles. The van der Waals surface area contributed by atoms with E-state index in [0.717, 1.165) is 18.5 Å². The fourth-order valence-electron chi connectivity index (χ4n) is 2.22. The SMILES string of the molecule is CCCNC(c1ccc(C)cc1)c1ccc(Br)c(Cl)c1F. The van der Waals surface area contributed by atoms with Gasteiger partial charge in [0.2, 0.25) is 0 Å². The number of halogens is 3. The number of rotatable bonds is 5. The lowest BCUT2D eigenvalue weighted by molar-refractivity contribution is 0.546. The molecule has 2 rings (SSSR count). The van der Waals surface area contributed by atoms with Crippen LogP contribution in [0.3, 0.4) is 0 Å². The van der Waals surface area contributed by atoms with E-state index in [1.54, 1.807) is 12.1 Å². The minimum Gasteiger partial charge on any atom is -0.306 e. The normalized spacial score (nSPS) is 12.4. The van der Waals surface area contributed by atoms with Crippen molar-refractivity contribution in [1.82, 2.24) is 5.32 Å². The van der Waals surface area contributed by atoms with Gasteiger partial charge < -0.3 is 5.32 Å². The summed E-state index contributed by atoms with van der Waals surface area (Å²) in [5, 5.41) is 3.52. The van der Waals surface area contributed by atoms with Gasteiger partial charge in [-0.05, 0) is 47.4 Å². The molecule has 0 bridgehead atoms. The van der Waals surface area contributed by atoms with Crippen LogP contribution < -0.4 is 5.32 Å². The van der Waals surface area contributed by atoms with Crippen molar-refractivity contribution in [2.45, 2.75) is 26.3 Å². The fraction of sp³-hybridized carbons (Fsp3) is 0.294. The van der Waals surface area contributed by atoms with E-state index in [1.165, 1.54) is 5.56 Å². The fourth-order valence-corrected chi connectivity index (χ4v) is 2.70. The molecule has 0 saturated heterocycles. The van der Waals surface area contributed by atoms with Crippen LogP contribution in [0.5, 0.6) is 0 Å². The second-order valence-corrected chi connectivity index (χ2v) is 6.29. The summed E-state index contributed by atoms with van der Waals surface area (Å²) >= 11 is 9.28. The van der Waals surface area contributed by atoms with E-state index in [0.29, 0.717) is 10.0 Å². The maximum atomic E-state index is 14.5. The average Bonchev–Trinajstić information content (AvgIpc) is 2.48. The van der Waals surface area contributed by atoms with Crippen LogP contribution in [0, 0.1) is 12.7 Å². The summed E-state index contributed by atoms with van der Waals surface area (Å²) in [6, 6.07) is 11.5. The Bertz CT molecular complexity index is 613. The number of hydrogen-bond donors (Lipinski definition) is 1. The Labute approximate surface area is 138 Å². The Hall–Kier alpha value is -0.900. The molecule has 1 N–H and O–H groups in total. The first-order chi connectivity index (χ1) is 10.0. The van der Waals surface area contributed by atoms with Crippen molar-refractivity contribution in [3.8, 4) is 0 Å².